The van der Waals surface area contributed by atoms with E-state index in [-0.39, 0.29) is 0 Å². The van der Waals surface area contributed by atoms with Crippen molar-refractivity contribution in [2.24, 2.45) is 0 Å². The van der Waals surface area contributed by atoms with Crippen molar-refractivity contribution in [2.45, 2.75) is 6.23 Å². The predicted octanol–water partition coefficient (Wildman–Crippen LogP) is 2.80. The minimum Gasteiger partial charge on any atom is -0.374 e. The van der Waals surface area contributed by atoms with Crippen LogP contribution in [0.3, 0.4) is 0 Å². The fourth-order valence-corrected chi connectivity index (χ4v) is 1.74. The summed E-state index contributed by atoms with van der Waals surface area (Å²) in [5.41, 5.74) is 3.12. The van der Waals surface area contributed by atoms with Gasteiger partial charge in [0.05, 0.1) is 0 Å². The molecule has 1 unspecified atom stereocenters. The normalized spacial score (nSPS) is 13.1. The molecule has 0 saturated carbocycles. The molecule has 19 heavy (non-hydrogen) atoms. The Morgan fingerprint density at radius 2 is 1.47 bits per heavy atom. The highest BCUT2D eigenvalue weighted by Crippen LogP contribution is 2.16. The fraction of sp³-hybridized carbons (Fsp3) is 0.188. The van der Waals surface area contributed by atoms with Gasteiger partial charge < -0.3 is 5.11 Å². The first-order valence-electron chi connectivity index (χ1n) is 6.19. The lowest BCUT2D eigenvalue weighted by atomic mass is 10.1. The third-order valence-electron chi connectivity index (χ3n) is 2.90. The molecule has 2 rings (SSSR count). The minimum absolute atomic E-state index is 0.557. The average molecular weight is 254 g/mol. The highest BCUT2D eigenvalue weighted by molar-refractivity contribution is 5.69. The largest absolute Gasteiger partial charge is 0.374 e. The number of benzene rings is 1. The van der Waals surface area contributed by atoms with E-state index in [2.05, 4.69) is 4.98 Å². The van der Waals surface area contributed by atoms with Gasteiger partial charge in [-0.05, 0) is 42.9 Å². The Bertz CT molecular complexity index is 532. The van der Waals surface area contributed by atoms with Crippen LogP contribution in [-0.2, 0) is 0 Å². The summed E-state index contributed by atoms with van der Waals surface area (Å²) in [5.74, 6) is 0. The van der Waals surface area contributed by atoms with E-state index in [0.717, 1.165) is 16.7 Å². The lowest BCUT2D eigenvalue weighted by Crippen LogP contribution is -2.18. The Balaban J connectivity index is 2.09. The van der Waals surface area contributed by atoms with Crippen LogP contribution in [0, 0.1) is 0 Å². The van der Waals surface area contributed by atoms with Crippen LogP contribution in [-0.4, -0.2) is 29.1 Å². The molecule has 0 saturated heterocycles. The molecule has 2 aromatic rings. The van der Waals surface area contributed by atoms with Crippen molar-refractivity contribution in [3.8, 4) is 0 Å². The highest BCUT2D eigenvalue weighted by Gasteiger charge is 2.08. The molecule has 1 N–H and O–H groups in total. The second-order valence-electron chi connectivity index (χ2n) is 4.62. The van der Waals surface area contributed by atoms with E-state index in [1.165, 1.54) is 0 Å². The van der Waals surface area contributed by atoms with E-state index in [1.807, 2.05) is 62.6 Å². The monoisotopic (exact) mass is 254 g/mol. The van der Waals surface area contributed by atoms with Crippen molar-refractivity contribution < 1.29 is 5.11 Å². The van der Waals surface area contributed by atoms with Gasteiger partial charge in [-0.1, -0.05) is 36.4 Å². The summed E-state index contributed by atoms with van der Waals surface area (Å²) >= 11 is 0. The average Bonchev–Trinajstić information content (AvgIpc) is 2.46. The van der Waals surface area contributed by atoms with Crippen LogP contribution in [0.5, 0.6) is 0 Å². The first kappa shape index (κ1) is 13.5. The summed E-state index contributed by atoms with van der Waals surface area (Å²) in [6.45, 7) is 0. The Kier molecular flexibility index (Phi) is 4.44. The Morgan fingerprint density at radius 1 is 0.947 bits per heavy atom. The van der Waals surface area contributed by atoms with Gasteiger partial charge in [-0.25, -0.2) is 0 Å². The molecule has 3 heteroatoms. The van der Waals surface area contributed by atoms with Gasteiger partial charge in [-0.2, -0.15) is 0 Å². The molecule has 98 valence electrons. The molecule has 0 aliphatic heterocycles. The summed E-state index contributed by atoms with van der Waals surface area (Å²) in [5, 5.41) is 9.90. The number of pyridine rings is 1. The Morgan fingerprint density at radius 3 is 2.00 bits per heavy atom. The van der Waals surface area contributed by atoms with E-state index >= 15 is 0 Å². The molecule has 1 heterocycles. The number of hydrogen-bond acceptors (Lipinski definition) is 3. The van der Waals surface area contributed by atoms with Gasteiger partial charge >= 0.3 is 0 Å². The summed E-state index contributed by atoms with van der Waals surface area (Å²) in [4.78, 5) is 5.75. The number of hydrogen-bond donors (Lipinski definition) is 1. The standard InChI is InChI=1S/C16H18N2O/c1-18(2)16(19)15-7-5-13(6-8-15)3-4-14-9-11-17-12-10-14/h3-12,16,19H,1-2H3/b4-3+. The van der Waals surface area contributed by atoms with E-state index in [0.29, 0.717) is 0 Å². The molecule has 0 spiro atoms. The molecule has 1 aromatic heterocycles. The number of aromatic nitrogens is 1. The van der Waals surface area contributed by atoms with Crippen molar-refractivity contribution in [2.75, 3.05) is 14.1 Å². The quantitative estimate of drug-likeness (QED) is 0.852. The van der Waals surface area contributed by atoms with Crippen molar-refractivity contribution >= 4 is 12.2 Å². The second kappa shape index (κ2) is 6.27. The zero-order valence-corrected chi connectivity index (χ0v) is 11.2. The topological polar surface area (TPSA) is 36.4 Å². The third-order valence-corrected chi connectivity index (χ3v) is 2.90. The zero-order valence-electron chi connectivity index (χ0n) is 11.2. The SMILES string of the molecule is CN(C)C(O)c1ccc(/C=C/c2ccncc2)cc1. The molecular formula is C16H18N2O. The number of aliphatic hydroxyl groups excluding tert-OH is 1. The zero-order chi connectivity index (χ0) is 13.7. The van der Waals surface area contributed by atoms with Gasteiger partial charge in [0.15, 0.2) is 0 Å². The van der Waals surface area contributed by atoms with Gasteiger partial charge in [0, 0.05) is 12.4 Å². The van der Waals surface area contributed by atoms with Crippen LogP contribution in [0.2, 0.25) is 0 Å². The lowest BCUT2D eigenvalue weighted by molar-refractivity contribution is 0.0395. The first-order chi connectivity index (χ1) is 9.16. The molecule has 1 atom stereocenters. The number of nitrogens with zero attached hydrogens (tertiary/aromatic N) is 2. The van der Waals surface area contributed by atoms with Crippen LogP contribution in [0.25, 0.3) is 12.2 Å². The van der Waals surface area contributed by atoms with E-state index in [4.69, 9.17) is 0 Å². The number of aliphatic hydroxyl groups is 1. The molecule has 0 radical (unpaired) electrons. The molecule has 0 bridgehead atoms. The van der Waals surface area contributed by atoms with Gasteiger partial charge in [0.25, 0.3) is 0 Å². The first-order valence-corrected chi connectivity index (χ1v) is 6.19. The minimum atomic E-state index is -0.557. The molecule has 0 aliphatic rings. The van der Waals surface area contributed by atoms with Gasteiger partial charge in [0.2, 0.25) is 0 Å². The molecule has 0 aliphatic carbocycles. The Labute approximate surface area is 113 Å². The number of rotatable bonds is 4. The Hall–Kier alpha value is -1.97. The van der Waals surface area contributed by atoms with Crippen LogP contribution >= 0.6 is 0 Å². The fourth-order valence-electron chi connectivity index (χ4n) is 1.74. The summed E-state index contributed by atoms with van der Waals surface area (Å²) < 4.78 is 0. The molecule has 0 amide bonds. The molecular weight excluding hydrogens is 236 g/mol. The smallest absolute Gasteiger partial charge is 0.133 e. The third kappa shape index (κ3) is 3.74. The van der Waals surface area contributed by atoms with E-state index in [1.54, 1.807) is 17.3 Å². The van der Waals surface area contributed by atoms with Gasteiger partial charge in [0.1, 0.15) is 6.23 Å². The van der Waals surface area contributed by atoms with Gasteiger partial charge in [-0.3, -0.25) is 9.88 Å². The predicted molar refractivity (Wildman–Crippen MR) is 78.3 cm³/mol. The van der Waals surface area contributed by atoms with E-state index in [9.17, 15) is 5.11 Å². The van der Waals surface area contributed by atoms with Gasteiger partial charge in [-0.15, -0.1) is 0 Å². The second-order valence-corrected chi connectivity index (χ2v) is 4.62. The summed E-state index contributed by atoms with van der Waals surface area (Å²) in [7, 11) is 3.70. The summed E-state index contributed by atoms with van der Waals surface area (Å²) in [6, 6.07) is 11.8. The van der Waals surface area contributed by atoms with Crippen molar-refractivity contribution in [1.29, 1.82) is 0 Å². The van der Waals surface area contributed by atoms with Crippen LogP contribution in [0.4, 0.5) is 0 Å². The maximum Gasteiger partial charge on any atom is 0.133 e. The van der Waals surface area contributed by atoms with Crippen LogP contribution in [0.15, 0.2) is 48.8 Å². The van der Waals surface area contributed by atoms with E-state index < -0.39 is 6.23 Å². The molecule has 1 aromatic carbocycles. The van der Waals surface area contributed by atoms with Crippen LogP contribution < -0.4 is 0 Å². The lowest BCUT2D eigenvalue weighted by Gasteiger charge is -2.18. The van der Waals surface area contributed by atoms with Crippen molar-refractivity contribution in [3.05, 3.63) is 65.5 Å². The molecule has 3 nitrogen and oxygen atoms in total. The highest BCUT2D eigenvalue weighted by atomic mass is 16.3. The maximum atomic E-state index is 9.90. The van der Waals surface area contributed by atoms with Crippen molar-refractivity contribution in [1.82, 2.24) is 9.88 Å². The maximum absolute atomic E-state index is 9.90. The van der Waals surface area contributed by atoms with Crippen LogP contribution in [0.1, 0.15) is 22.9 Å². The summed E-state index contributed by atoms with van der Waals surface area (Å²) in [6.07, 6.45) is 7.07. The molecule has 0 fully saturated rings. The van der Waals surface area contributed by atoms with Crippen molar-refractivity contribution in [3.63, 3.8) is 0 Å².